The van der Waals surface area contributed by atoms with Crippen LogP contribution in [0.4, 0.5) is 4.39 Å². The van der Waals surface area contributed by atoms with Gasteiger partial charge in [-0.05, 0) is 24.6 Å². The maximum Gasteiger partial charge on any atom is 0.241 e. The Balaban J connectivity index is 2.31. The molecule has 0 unspecified atom stereocenters. The Bertz CT molecular complexity index is 698. The van der Waals surface area contributed by atoms with Crippen molar-refractivity contribution in [2.45, 2.75) is 24.9 Å². The smallest absolute Gasteiger partial charge is 0.241 e. The van der Waals surface area contributed by atoms with Gasteiger partial charge < -0.3 is 10.7 Å². The summed E-state index contributed by atoms with van der Waals surface area (Å²) >= 11 is 0. The van der Waals surface area contributed by atoms with Crippen molar-refractivity contribution in [3.05, 3.63) is 47.3 Å². The topological polar surface area (TPSA) is 101 Å². The monoisotopic (exact) mass is 298 g/mol. The van der Waals surface area contributed by atoms with E-state index in [4.69, 9.17) is 5.73 Å². The summed E-state index contributed by atoms with van der Waals surface area (Å²) in [4.78, 5) is 6.47. The number of imidazole rings is 1. The number of halogens is 1. The number of aromatic amines is 1. The van der Waals surface area contributed by atoms with Crippen molar-refractivity contribution in [1.82, 2.24) is 14.7 Å². The molecule has 1 aromatic carbocycles. The zero-order valence-electron chi connectivity index (χ0n) is 10.9. The molecule has 8 heteroatoms. The van der Waals surface area contributed by atoms with Crippen molar-refractivity contribution in [2.24, 2.45) is 5.73 Å². The first-order chi connectivity index (χ1) is 9.44. The molecule has 0 spiro atoms. The van der Waals surface area contributed by atoms with Crippen LogP contribution in [0, 0.1) is 12.7 Å². The highest BCUT2D eigenvalue weighted by molar-refractivity contribution is 7.89. The van der Waals surface area contributed by atoms with Crippen LogP contribution in [0.2, 0.25) is 0 Å². The predicted octanol–water partition coefficient (Wildman–Crippen LogP) is 0.794. The molecule has 0 amide bonds. The highest BCUT2D eigenvalue weighted by Gasteiger charge is 2.20. The Labute approximate surface area is 116 Å². The fraction of sp³-hybridized carbons (Fsp3) is 0.250. The second kappa shape index (κ2) is 5.70. The molecule has 6 nitrogen and oxygen atoms in total. The average Bonchev–Trinajstić information content (AvgIpc) is 2.92. The highest BCUT2D eigenvalue weighted by atomic mass is 32.2. The van der Waals surface area contributed by atoms with E-state index in [0.29, 0.717) is 11.3 Å². The van der Waals surface area contributed by atoms with E-state index in [1.165, 1.54) is 31.6 Å². The number of sulfonamides is 1. The van der Waals surface area contributed by atoms with Gasteiger partial charge in [-0.15, -0.1) is 0 Å². The van der Waals surface area contributed by atoms with E-state index in [-0.39, 0.29) is 23.5 Å². The van der Waals surface area contributed by atoms with Crippen LogP contribution in [0.15, 0.2) is 29.6 Å². The fourth-order valence-electron chi connectivity index (χ4n) is 1.74. The number of nitrogens with zero attached hydrogens (tertiary/aromatic N) is 1. The lowest BCUT2D eigenvalue weighted by molar-refractivity contribution is 0.573. The number of rotatable bonds is 5. The molecule has 1 heterocycles. The van der Waals surface area contributed by atoms with Crippen molar-refractivity contribution < 1.29 is 12.8 Å². The minimum atomic E-state index is -3.82. The van der Waals surface area contributed by atoms with Gasteiger partial charge in [0.25, 0.3) is 0 Å². The Morgan fingerprint density at radius 3 is 2.80 bits per heavy atom. The lowest BCUT2D eigenvalue weighted by atomic mass is 10.1. The van der Waals surface area contributed by atoms with Gasteiger partial charge >= 0.3 is 0 Å². The highest BCUT2D eigenvalue weighted by Crippen LogP contribution is 2.20. The molecule has 0 saturated carbocycles. The Morgan fingerprint density at radius 1 is 1.45 bits per heavy atom. The Morgan fingerprint density at radius 2 is 2.20 bits per heavy atom. The standard InChI is InChI=1S/C12H15FN4O2S/c1-8-11(13)2-9(4-14)3-12(8)20(18,19)17-6-10-5-15-7-16-10/h2-3,5,7,17H,4,6,14H2,1H3,(H,15,16). The van der Waals surface area contributed by atoms with Crippen LogP contribution in [-0.4, -0.2) is 18.4 Å². The number of hydrogen-bond acceptors (Lipinski definition) is 4. The van der Waals surface area contributed by atoms with Gasteiger partial charge in [-0.2, -0.15) is 0 Å². The maximum atomic E-state index is 13.7. The van der Waals surface area contributed by atoms with Gasteiger partial charge in [0, 0.05) is 24.0 Å². The number of hydrogen-bond donors (Lipinski definition) is 3. The number of H-pyrrole nitrogens is 1. The molecule has 2 aromatic rings. The summed E-state index contributed by atoms with van der Waals surface area (Å²) in [6, 6.07) is 2.62. The third-order valence-electron chi connectivity index (χ3n) is 2.89. The number of benzene rings is 1. The molecule has 0 aliphatic heterocycles. The van der Waals surface area contributed by atoms with Gasteiger partial charge in [0.1, 0.15) is 5.82 Å². The Hall–Kier alpha value is -1.77. The number of nitrogens with two attached hydrogens (primary N) is 1. The molecule has 0 aliphatic rings. The van der Waals surface area contributed by atoms with Crippen molar-refractivity contribution in [3.8, 4) is 0 Å². The molecule has 0 saturated heterocycles. The fourth-order valence-corrected chi connectivity index (χ4v) is 3.04. The molecule has 2 rings (SSSR count). The summed E-state index contributed by atoms with van der Waals surface area (Å²) in [6.45, 7) is 1.54. The second-order valence-corrected chi connectivity index (χ2v) is 6.04. The van der Waals surface area contributed by atoms with Gasteiger partial charge in [0.2, 0.25) is 10.0 Å². The van der Waals surface area contributed by atoms with E-state index < -0.39 is 15.8 Å². The van der Waals surface area contributed by atoms with E-state index in [1.807, 2.05) is 0 Å². The van der Waals surface area contributed by atoms with E-state index in [0.717, 1.165) is 0 Å². The Kier molecular flexibility index (Phi) is 4.17. The molecule has 0 radical (unpaired) electrons. The molecular weight excluding hydrogens is 283 g/mol. The minimum Gasteiger partial charge on any atom is -0.347 e. The zero-order valence-corrected chi connectivity index (χ0v) is 11.7. The summed E-state index contributed by atoms with van der Waals surface area (Å²) in [5.74, 6) is -0.588. The van der Waals surface area contributed by atoms with Crippen LogP contribution in [0.5, 0.6) is 0 Å². The van der Waals surface area contributed by atoms with Crippen molar-refractivity contribution >= 4 is 10.0 Å². The van der Waals surface area contributed by atoms with Crippen LogP contribution >= 0.6 is 0 Å². The van der Waals surface area contributed by atoms with E-state index in [9.17, 15) is 12.8 Å². The van der Waals surface area contributed by atoms with Crippen LogP contribution in [0.3, 0.4) is 0 Å². The largest absolute Gasteiger partial charge is 0.347 e. The average molecular weight is 298 g/mol. The maximum absolute atomic E-state index is 13.7. The van der Waals surface area contributed by atoms with E-state index in [1.54, 1.807) is 0 Å². The van der Waals surface area contributed by atoms with Gasteiger partial charge in [-0.1, -0.05) is 0 Å². The number of nitrogens with one attached hydrogen (secondary N) is 2. The summed E-state index contributed by atoms with van der Waals surface area (Å²) in [5.41, 5.74) is 6.54. The van der Waals surface area contributed by atoms with Gasteiger partial charge in [-0.25, -0.2) is 22.5 Å². The van der Waals surface area contributed by atoms with Crippen LogP contribution in [0.1, 0.15) is 16.8 Å². The molecule has 0 fully saturated rings. The molecule has 20 heavy (non-hydrogen) atoms. The quantitative estimate of drug-likeness (QED) is 0.759. The molecule has 0 bridgehead atoms. The predicted molar refractivity (Wildman–Crippen MR) is 71.6 cm³/mol. The number of aromatic nitrogens is 2. The summed E-state index contributed by atoms with van der Waals surface area (Å²) in [5, 5.41) is 0. The first kappa shape index (κ1) is 14.6. The van der Waals surface area contributed by atoms with Crippen LogP contribution in [0.25, 0.3) is 0 Å². The van der Waals surface area contributed by atoms with Crippen LogP contribution in [-0.2, 0) is 23.1 Å². The summed E-state index contributed by atoms with van der Waals surface area (Å²) in [6.07, 6.45) is 2.95. The third kappa shape index (κ3) is 3.03. The first-order valence-electron chi connectivity index (χ1n) is 5.90. The molecule has 0 atom stereocenters. The lowest BCUT2D eigenvalue weighted by Crippen LogP contribution is -2.24. The first-order valence-corrected chi connectivity index (χ1v) is 7.38. The molecule has 108 valence electrons. The zero-order chi connectivity index (χ0) is 14.8. The molecule has 0 aliphatic carbocycles. The lowest BCUT2D eigenvalue weighted by Gasteiger charge is -2.11. The van der Waals surface area contributed by atoms with Crippen LogP contribution < -0.4 is 10.5 Å². The second-order valence-electron chi connectivity index (χ2n) is 4.31. The molecule has 1 aromatic heterocycles. The van der Waals surface area contributed by atoms with Crippen molar-refractivity contribution in [3.63, 3.8) is 0 Å². The van der Waals surface area contributed by atoms with Crippen molar-refractivity contribution in [2.75, 3.05) is 0 Å². The van der Waals surface area contributed by atoms with Gasteiger partial charge in [0.05, 0.1) is 17.8 Å². The van der Waals surface area contributed by atoms with Gasteiger partial charge in [0.15, 0.2) is 0 Å². The molecule has 4 N–H and O–H groups in total. The summed E-state index contributed by atoms with van der Waals surface area (Å²) in [7, 11) is -3.82. The molecular formula is C12H15FN4O2S. The van der Waals surface area contributed by atoms with Gasteiger partial charge in [-0.3, -0.25) is 0 Å². The minimum absolute atomic E-state index is 0.0518. The summed E-state index contributed by atoms with van der Waals surface area (Å²) < 4.78 is 40.5. The van der Waals surface area contributed by atoms with E-state index in [2.05, 4.69) is 14.7 Å². The SMILES string of the molecule is Cc1c(F)cc(CN)cc1S(=O)(=O)NCc1cnc[nH]1. The normalized spacial score (nSPS) is 11.8. The van der Waals surface area contributed by atoms with E-state index >= 15 is 0 Å². The third-order valence-corrected chi connectivity index (χ3v) is 4.42. The van der Waals surface area contributed by atoms with Crippen molar-refractivity contribution in [1.29, 1.82) is 0 Å².